The molecule has 0 radical (unpaired) electrons. The molecule has 0 aromatic heterocycles. The second-order valence-electron chi connectivity index (χ2n) is 3.07. The molecular weight excluding hydrogens is 232 g/mol. The predicted molar refractivity (Wildman–Crippen MR) is 56.9 cm³/mol. The van der Waals surface area contributed by atoms with Gasteiger partial charge in [-0.3, -0.25) is 0 Å². The molecule has 0 bridgehead atoms. The van der Waals surface area contributed by atoms with Crippen molar-refractivity contribution >= 4 is 6.09 Å². The highest BCUT2D eigenvalue weighted by atomic mass is 19.2. The van der Waals surface area contributed by atoms with Gasteiger partial charge in [-0.15, -0.1) is 0 Å². The topological polar surface area (TPSA) is 47.6 Å². The van der Waals surface area contributed by atoms with E-state index in [1.165, 1.54) is 6.07 Å². The third-order valence-electron chi connectivity index (χ3n) is 1.81. The summed E-state index contributed by atoms with van der Waals surface area (Å²) in [6, 6.07) is 3.23. The SMILES string of the molecule is CCOC(=O)NCCOc1ccc(F)c(F)c1. The fourth-order valence-corrected chi connectivity index (χ4v) is 1.07. The van der Waals surface area contributed by atoms with Gasteiger partial charge in [-0.25, -0.2) is 13.6 Å². The highest BCUT2D eigenvalue weighted by Crippen LogP contribution is 2.14. The van der Waals surface area contributed by atoms with Gasteiger partial charge in [0.1, 0.15) is 12.4 Å². The number of ether oxygens (including phenoxy) is 2. The van der Waals surface area contributed by atoms with Crippen molar-refractivity contribution in [2.75, 3.05) is 19.8 Å². The van der Waals surface area contributed by atoms with E-state index < -0.39 is 17.7 Å². The highest BCUT2D eigenvalue weighted by Gasteiger charge is 2.03. The molecule has 0 fully saturated rings. The Balaban J connectivity index is 2.26. The van der Waals surface area contributed by atoms with Crippen LogP contribution in [-0.4, -0.2) is 25.9 Å². The van der Waals surface area contributed by atoms with Crippen molar-refractivity contribution in [3.63, 3.8) is 0 Å². The van der Waals surface area contributed by atoms with E-state index in [0.717, 1.165) is 12.1 Å². The standard InChI is InChI=1S/C11H13F2NO3/c1-2-16-11(15)14-5-6-17-8-3-4-9(12)10(13)7-8/h3-4,7H,2,5-6H2,1H3,(H,14,15). The molecule has 0 heterocycles. The number of nitrogens with one attached hydrogen (secondary N) is 1. The first kappa shape index (κ1) is 13.2. The number of amides is 1. The molecule has 6 heteroatoms. The first-order chi connectivity index (χ1) is 8.13. The lowest BCUT2D eigenvalue weighted by molar-refractivity contribution is 0.150. The van der Waals surface area contributed by atoms with Crippen molar-refractivity contribution in [3.05, 3.63) is 29.8 Å². The van der Waals surface area contributed by atoms with E-state index in [4.69, 9.17) is 4.74 Å². The summed E-state index contributed by atoms with van der Waals surface area (Å²) in [5.41, 5.74) is 0. The van der Waals surface area contributed by atoms with Crippen molar-refractivity contribution in [2.24, 2.45) is 0 Å². The molecule has 1 rings (SSSR count). The van der Waals surface area contributed by atoms with Crippen molar-refractivity contribution in [3.8, 4) is 5.75 Å². The van der Waals surface area contributed by atoms with Crippen LogP contribution >= 0.6 is 0 Å². The molecule has 0 atom stereocenters. The van der Waals surface area contributed by atoms with Gasteiger partial charge in [0.05, 0.1) is 13.2 Å². The number of hydrogen-bond acceptors (Lipinski definition) is 3. The number of halogens is 2. The van der Waals surface area contributed by atoms with Crippen LogP contribution in [0.2, 0.25) is 0 Å². The number of hydrogen-bond donors (Lipinski definition) is 1. The van der Waals surface area contributed by atoms with E-state index in [0.29, 0.717) is 0 Å². The van der Waals surface area contributed by atoms with Crippen LogP contribution in [0.1, 0.15) is 6.92 Å². The van der Waals surface area contributed by atoms with Gasteiger partial charge >= 0.3 is 6.09 Å². The molecule has 1 aromatic carbocycles. The third-order valence-corrected chi connectivity index (χ3v) is 1.81. The normalized spacial score (nSPS) is 9.82. The second-order valence-corrected chi connectivity index (χ2v) is 3.07. The lowest BCUT2D eigenvalue weighted by atomic mass is 10.3. The maximum atomic E-state index is 12.8. The maximum absolute atomic E-state index is 12.8. The summed E-state index contributed by atoms with van der Waals surface area (Å²) in [7, 11) is 0. The zero-order valence-corrected chi connectivity index (χ0v) is 9.33. The Labute approximate surface area is 97.5 Å². The van der Waals surface area contributed by atoms with Crippen LogP contribution in [-0.2, 0) is 4.74 Å². The Morgan fingerprint density at radius 3 is 2.76 bits per heavy atom. The van der Waals surface area contributed by atoms with Crippen LogP contribution in [0.25, 0.3) is 0 Å². The van der Waals surface area contributed by atoms with Crippen molar-refractivity contribution in [1.29, 1.82) is 0 Å². The predicted octanol–water partition coefficient (Wildman–Crippen LogP) is 2.09. The molecule has 0 saturated heterocycles. The number of rotatable bonds is 5. The lowest BCUT2D eigenvalue weighted by Gasteiger charge is -2.07. The molecule has 0 unspecified atom stereocenters. The average molecular weight is 245 g/mol. The Kier molecular flexibility index (Phi) is 5.19. The molecule has 0 saturated carbocycles. The van der Waals surface area contributed by atoms with Crippen LogP contribution < -0.4 is 10.1 Å². The zero-order valence-electron chi connectivity index (χ0n) is 9.33. The van der Waals surface area contributed by atoms with Crippen LogP contribution in [0.4, 0.5) is 13.6 Å². The van der Waals surface area contributed by atoms with Crippen LogP contribution in [0.15, 0.2) is 18.2 Å². The average Bonchev–Trinajstić information content (AvgIpc) is 2.29. The van der Waals surface area contributed by atoms with Gasteiger partial charge in [0.15, 0.2) is 11.6 Å². The molecule has 1 N–H and O–H groups in total. The Morgan fingerprint density at radius 1 is 1.35 bits per heavy atom. The fraction of sp³-hybridized carbons (Fsp3) is 0.364. The van der Waals surface area contributed by atoms with Crippen LogP contribution in [0.3, 0.4) is 0 Å². The summed E-state index contributed by atoms with van der Waals surface area (Å²) in [6.45, 7) is 2.34. The van der Waals surface area contributed by atoms with Gasteiger partial charge in [0.25, 0.3) is 0 Å². The lowest BCUT2D eigenvalue weighted by Crippen LogP contribution is -2.28. The molecule has 0 spiro atoms. The van der Waals surface area contributed by atoms with E-state index in [-0.39, 0.29) is 25.5 Å². The van der Waals surface area contributed by atoms with Gasteiger partial charge in [0, 0.05) is 6.07 Å². The van der Waals surface area contributed by atoms with E-state index in [9.17, 15) is 13.6 Å². The summed E-state index contributed by atoms with van der Waals surface area (Å²) in [5, 5.41) is 2.43. The molecular formula is C11H13F2NO3. The third kappa shape index (κ3) is 4.67. The van der Waals surface area contributed by atoms with Crippen LogP contribution in [0.5, 0.6) is 5.75 Å². The zero-order chi connectivity index (χ0) is 12.7. The van der Waals surface area contributed by atoms with Gasteiger partial charge < -0.3 is 14.8 Å². The number of alkyl carbamates (subject to hydrolysis) is 1. The molecule has 4 nitrogen and oxygen atoms in total. The number of carbonyl (C=O) groups is 1. The van der Waals surface area contributed by atoms with Crippen molar-refractivity contribution < 1.29 is 23.0 Å². The maximum Gasteiger partial charge on any atom is 0.407 e. The second kappa shape index (κ2) is 6.67. The van der Waals surface area contributed by atoms with E-state index in [1.54, 1.807) is 6.92 Å². The summed E-state index contributed by atoms with van der Waals surface area (Å²) >= 11 is 0. The monoisotopic (exact) mass is 245 g/mol. The number of carbonyl (C=O) groups excluding carboxylic acids is 1. The molecule has 0 aliphatic rings. The summed E-state index contributed by atoms with van der Waals surface area (Å²) in [6.07, 6.45) is -0.540. The smallest absolute Gasteiger partial charge is 0.407 e. The Bertz CT molecular complexity index is 385. The fourth-order valence-electron chi connectivity index (χ4n) is 1.07. The summed E-state index contributed by atoms with van der Waals surface area (Å²) in [4.78, 5) is 10.9. The van der Waals surface area contributed by atoms with E-state index >= 15 is 0 Å². The molecule has 1 aromatic rings. The van der Waals surface area contributed by atoms with Crippen molar-refractivity contribution in [2.45, 2.75) is 6.92 Å². The van der Waals surface area contributed by atoms with E-state index in [1.807, 2.05) is 0 Å². The van der Waals surface area contributed by atoms with Gasteiger partial charge in [-0.2, -0.15) is 0 Å². The molecule has 17 heavy (non-hydrogen) atoms. The van der Waals surface area contributed by atoms with Crippen molar-refractivity contribution in [1.82, 2.24) is 5.32 Å². The Morgan fingerprint density at radius 2 is 2.12 bits per heavy atom. The Hall–Kier alpha value is -1.85. The van der Waals surface area contributed by atoms with Gasteiger partial charge in [0.2, 0.25) is 0 Å². The number of benzene rings is 1. The molecule has 0 aliphatic carbocycles. The van der Waals surface area contributed by atoms with Gasteiger partial charge in [-0.05, 0) is 19.1 Å². The molecule has 1 amide bonds. The minimum Gasteiger partial charge on any atom is -0.492 e. The summed E-state index contributed by atoms with van der Waals surface area (Å²) in [5.74, 6) is -1.70. The van der Waals surface area contributed by atoms with Gasteiger partial charge in [-0.1, -0.05) is 0 Å². The minimum atomic E-state index is -0.971. The minimum absolute atomic E-state index is 0.143. The van der Waals surface area contributed by atoms with E-state index in [2.05, 4.69) is 10.1 Å². The molecule has 0 aliphatic heterocycles. The quantitative estimate of drug-likeness (QED) is 0.808. The molecule has 94 valence electrons. The first-order valence-electron chi connectivity index (χ1n) is 5.12. The van der Waals surface area contributed by atoms with Crippen LogP contribution in [0, 0.1) is 11.6 Å². The first-order valence-corrected chi connectivity index (χ1v) is 5.12. The summed E-state index contributed by atoms with van der Waals surface area (Å²) < 4.78 is 35.1. The largest absolute Gasteiger partial charge is 0.492 e. The highest BCUT2D eigenvalue weighted by molar-refractivity contribution is 5.66.